The third-order valence-electron chi connectivity index (χ3n) is 2.24. The summed E-state index contributed by atoms with van der Waals surface area (Å²) in [7, 11) is 1.72. The summed E-state index contributed by atoms with van der Waals surface area (Å²) >= 11 is 4.62. The molecular formula is C12H16I2O2. The van der Waals surface area contributed by atoms with Crippen LogP contribution in [0, 0.1) is 7.14 Å². The van der Waals surface area contributed by atoms with Crippen molar-refractivity contribution in [1.82, 2.24) is 0 Å². The first-order valence-electron chi connectivity index (χ1n) is 5.27. The fourth-order valence-electron chi connectivity index (χ4n) is 1.38. The Morgan fingerprint density at radius 2 is 1.81 bits per heavy atom. The van der Waals surface area contributed by atoms with Crippen molar-refractivity contribution in [3.05, 3.63) is 25.3 Å². The van der Waals surface area contributed by atoms with Gasteiger partial charge in [-0.15, -0.1) is 0 Å². The lowest BCUT2D eigenvalue weighted by Crippen LogP contribution is -2.17. The van der Waals surface area contributed by atoms with Gasteiger partial charge in [0, 0.05) is 27.3 Å². The average molecular weight is 446 g/mol. The van der Waals surface area contributed by atoms with Crippen LogP contribution in [0.1, 0.15) is 19.8 Å². The number of benzene rings is 1. The van der Waals surface area contributed by atoms with Crippen LogP contribution in [-0.4, -0.2) is 19.8 Å². The SMILES string of the molecule is CCC(CCOC)Oc1cc(I)cc(I)c1. The van der Waals surface area contributed by atoms with Gasteiger partial charge in [0.05, 0.1) is 0 Å². The van der Waals surface area contributed by atoms with Crippen LogP contribution < -0.4 is 4.74 Å². The van der Waals surface area contributed by atoms with Gasteiger partial charge in [0.2, 0.25) is 0 Å². The van der Waals surface area contributed by atoms with E-state index in [2.05, 4.69) is 70.3 Å². The van der Waals surface area contributed by atoms with Crippen molar-refractivity contribution < 1.29 is 9.47 Å². The molecule has 0 radical (unpaired) electrons. The van der Waals surface area contributed by atoms with E-state index in [0.717, 1.165) is 25.2 Å². The molecular weight excluding hydrogens is 430 g/mol. The van der Waals surface area contributed by atoms with Crippen molar-refractivity contribution in [1.29, 1.82) is 0 Å². The second-order valence-electron chi connectivity index (χ2n) is 3.53. The molecule has 0 saturated carbocycles. The fourth-order valence-corrected chi connectivity index (χ4v) is 3.27. The Labute approximate surface area is 124 Å². The van der Waals surface area contributed by atoms with Crippen molar-refractivity contribution in [2.75, 3.05) is 13.7 Å². The van der Waals surface area contributed by atoms with E-state index in [0.29, 0.717) is 0 Å². The maximum Gasteiger partial charge on any atom is 0.121 e. The summed E-state index contributed by atoms with van der Waals surface area (Å²) in [6, 6.07) is 6.26. The first-order chi connectivity index (χ1) is 7.65. The largest absolute Gasteiger partial charge is 0.490 e. The summed E-state index contributed by atoms with van der Waals surface area (Å²) in [5, 5.41) is 0. The maximum atomic E-state index is 5.94. The molecule has 0 aromatic heterocycles. The smallest absolute Gasteiger partial charge is 0.121 e. The molecule has 0 N–H and O–H groups in total. The molecule has 0 saturated heterocycles. The first-order valence-corrected chi connectivity index (χ1v) is 7.43. The van der Waals surface area contributed by atoms with E-state index in [1.807, 2.05) is 0 Å². The molecule has 90 valence electrons. The van der Waals surface area contributed by atoms with Gasteiger partial charge in [0.1, 0.15) is 11.9 Å². The number of hydrogen-bond acceptors (Lipinski definition) is 2. The molecule has 0 heterocycles. The van der Waals surface area contributed by atoms with Crippen molar-refractivity contribution in [3.63, 3.8) is 0 Å². The van der Waals surface area contributed by atoms with E-state index in [4.69, 9.17) is 9.47 Å². The molecule has 4 heteroatoms. The van der Waals surface area contributed by atoms with Gasteiger partial charge in [-0.3, -0.25) is 0 Å². The maximum absolute atomic E-state index is 5.94. The zero-order chi connectivity index (χ0) is 12.0. The molecule has 0 aliphatic heterocycles. The normalized spacial score (nSPS) is 12.5. The van der Waals surface area contributed by atoms with E-state index in [1.54, 1.807) is 7.11 Å². The molecule has 0 fully saturated rings. The van der Waals surface area contributed by atoms with Crippen LogP contribution in [0.25, 0.3) is 0 Å². The Morgan fingerprint density at radius 1 is 1.19 bits per heavy atom. The van der Waals surface area contributed by atoms with Crippen LogP contribution in [0.3, 0.4) is 0 Å². The minimum absolute atomic E-state index is 0.244. The summed E-state index contributed by atoms with van der Waals surface area (Å²) in [5.74, 6) is 0.958. The molecule has 2 nitrogen and oxygen atoms in total. The number of rotatable bonds is 6. The quantitative estimate of drug-likeness (QED) is 0.614. The van der Waals surface area contributed by atoms with Crippen LogP contribution in [0.4, 0.5) is 0 Å². The van der Waals surface area contributed by atoms with Gasteiger partial charge in [-0.25, -0.2) is 0 Å². The minimum Gasteiger partial charge on any atom is -0.490 e. The highest BCUT2D eigenvalue weighted by atomic mass is 127. The molecule has 0 bridgehead atoms. The van der Waals surface area contributed by atoms with E-state index >= 15 is 0 Å². The van der Waals surface area contributed by atoms with E-state index in [1.165, 1.54) is 7.14 Å². The molecule has 0 amide bonds. The first kappa shape index (κ1) is 14.5. The van der Waals surface area contributed by atoms with Gasteiger partial charge in [-0.1, -0.05) is 6.92 Å². The van der Waals surface area contributed by atoms with Gasteiger partial charge in [0.15, 0.2) is 0 Å². The molecule has 0 spiro atoms. The Kier molecular flexibility index (Phi) is 6.98. The molecule has 1 aromatic rings. The Balaban J connectivity index is 2.62. The molecule has 1 atom stereocenters. The zero-order valence-electron chi connectivity index (χ0n) is 9.50. The van der Waals surface area contributed by atoms with Crippen LogP contribution in [0.2, 0.25) is 0 Å². The van der Waals surface area contributed by atoms with Gasteiger partial charge in [-0.05, 0) is 69.8 Å². The van der Waals surface area contributed by atoms with Crippen LogP contribution in [0.5, 0.6) is 5.75 Å². The van der Waals surface area contributed by atoms with Crippen molar-refractivity contribution in [2.45, 2.75) is 25.9 Å². The van der Waals surface area contributed by atoms with E-state index < -0.39 is 0 Å². The molecule has 1 unspecified atom stereocenters. The summed E-state index contributed by atoms with van der Waals surface area (Å²) < 4.78 is 13.4. The fraction of sp³-hybridized carbons (Fsp3) is 0.500. The Morgan fingerprint density at radius 3 is 2.31 bits per heavy atom. The third-order valence-corrected chi connectivity index (χ3v) is 3.48. The highest BCUT2D eigenvalue weighted by Crippen LogP contribution is 2.22. The minimum atomic E-state index is 0.244. The third kappa shape index (κ3) is 5.18. The summed E-state index contributed by atoms with van der Waals surface area (Å²) in [6.07, 6.45) is 2.19. The van der Waals surface area contributed by atoms with Crippen LogP contribution in [0.15, 0.2) is 18.2 Å². The molecule has 1 rings (SSSR count). The summed E-state index contributed by atoms with van der Waals surface area (Å²) in [4.78, 5) is 0. The highest BCUT2D eigenvalue weighted by molar-refractivity contribution is 14.1. The molecule has 1 aromatic carbocycles. The van der Waals surface area contributed by atoms with Gasteiger partial charge < -0.3 is 9.47 Å². The number of halogens is 2. The van der Waals surface area contributed by atoms with Gasteiger partial charge >= 0.3 is 0 Å². The van der Waals surface area contributed by atoms with Gasteiger partial charge in [0.25, 0.3) is 0 Å². The van der Waals surface area contributed by atoms with Crippen LogP contribution >= 0.6 is 45.2 Å². The predicted molar refractivity (Wildman–Crippen MR) is 83.1 cm³/mol. The lowest BCUT2D eigenvalue weighted by Gasteiger charge is -2.17. The Hall–Kier alpha value is 0.440. The number of ether oxygens (including phenoxy) is 2. The number of methoxy groups -OCH3 is 1. The average Bonchev–Trinajstić information content (AvgIpc) is 2.22. The molecule has 16 heavy (non-hydrogen) atoms. The summed E-state index contributed by atoms with van der Waals surface area (Å²) in [5.41, 5.74) is 0. The van der Waals surface area contributed by atoms with Crippen molar-refractivity contribution >= 4 is 45.2 Å². The van der Waals surface area contributed by atoms with E-state index in [9.17, 15) is 0 Å². The number of hydrogen-bond donors (Lipinski definition) is 0. The lowest BCUT2D eigenvalue weighted by molar-refractivity contribution is 0.123. The highest BCUT2D eigenvalue weighted by Gasteiger charge is 2.08. The zero-order valence-corrected chi connectivity index (χ0v) is 13.8. The van der Waals surface area contributed by atoms with Crippen LogP contribution in [-0.2, 0) is 4.74 Å². The predicted octanol–water partition coefficient (Wildman–Crippen LogP) is 4.09. The monoisotopic (exact) mass is 446 g/mol. The van der Waals surface area contributed by atoms with E-state index in [-0.39, 0.29) is 6.10 Å². The van der Waals surface area contributed by atoms with Gasteiger partial charge in [-0.2, -0.15) is 0 Å². The van der Waals surface area contributed by atoms with Crippen molar-refractivity contribution in [2.24, 2.45) is 0 Å². The summed E-state index contributed by atoms with van der Waals surface area (Å²) in [6.45, 7) is 2.89. The topological polar surface area (TPSA) is 18.5 Å². The second kappa shape index (κ2) is 7.71. The van der Waals surface area contributed by atoms with Crippen molar-refractivity contribution in [3.8, 4) is 5.75 Å². The standard InChI is InChI=1S/C12H16I2O2/c1-3-11(4-5-15-2)16-12-7-9(13)6-10(14)8-12/h6-8,11H,3-5H2,1-2H3. The molecule has 0 aliphatic rings. The second-order valence-corrected chi connectivity index (χ2v) is 6.03. The lowest BCUT2D eigenvalue weighted by atomic mass is 10.2. The Bertz CT molecular complexity index is 309. The molecule has 0 aliphatic carbocycles.